The molecule has 0 aliphatic heterocycles. The molecule has 2 heteroatoms. The predicted octanol–water partition coefficient (Wildman–Crippen LogP) is 3.90. The van der Waals surface area contributed by atoms with Crippen LogP contribution in [-0.4, -0.2) is 19.2 Å². The molecule has 2 aromatic carbocycles. The Labute approximate surface area is 128 Å². The summed E-state index contributed by atoms with van der Waals surface area (Å²) < 4.78 is 5.78. The van der Waals surface area contributed by atoms with Crippen molar-refractivity contribution in [3.63, 3.8) is 0 Å². The van der Waals surface area contributed by atoms with Crippen molar-refractivity contribution in [3.05, 3.63) is 65.2 Å². The highest BCUT2D eigenvalue weighted by Gasteiger charge is 2.03. The van der Waals surface area contributed by atoms with Crippen LogP contribution >= 0.6 is 0 Å². The summed E-state index contributed by atoms with van der Waals surface area (Å²) >= 11 is 0. The number of hydrogen-bond acceptors (Lipinski definition) is 2. The van der Waals surface area contributed by atoms with Gasteiger partial charge in [0, 0.05) is 12.6 Å². The lowest BCUT2D eigenvalue weighted by Gasteiger charge is -2.14. The summed E-state index contributed by atoms with van der Waals surface area (Å²) in [6, 6.07) is 17.3. The summed E-state index contributed by atoms with van der Waals surface area (Å²) in [7, 11) is 0. The molecule has 2 aromatic rings. The topological polar surface area (TPSA) is 21.3 Å². The van der Waals surface area contributed by atoms with E-state index in [-0.39, 0.29) is 0 Å². The van der Waals surface area contributed by atoms with E-state index in [0.717, 1.165) is 18.7 Å². The van der Waals surface area contributed by atoms with Gasteiger partial charge in [-0.25, -0.2) is 0 Å². The number of hydrogen-bond donors (Lipinski definition) is 1. The van der Waals surface area contributed by atoms with Crippen LogP contribution in [0, 0.1) is 13.8 Å². The van der Waals surface area contributed by atoms with Crippen molar-refractivity contribution in [1.29, 1.82) is 0 Å². The maximum Gasteiger partial charge on any atom is 0.119 e. The number of ether oxygens (including phenoxy) is 1. The van der Waals surface area contributed by atoms with Crippen LogP contribution in [0.3, 0.4) is 0 Å². The van der Waals surface area contributed by atoms with Crippen molar-refractivity contribution in [2.75, 3.05) is 13.2 Å². The van der Waals surface area contributed by atoms with Gasteiger partial charge in [-0.15, -0.1) is 0 Å². The summed E-state index contributed by atoms with van der Waals surface area (Å²) in [5.74, 6) is 0.954. The number of aryl methyl sites for hydroxylation is 2. The Balaban J connectivity index is 1.68. The molecular weight excluding hydrogens is 258 g/mol. The fraction of sp³-hybridized carbons (Fsp3) is 0.368. The zero-order chi connectivity index (χ0) is 15.1. The Kier molecular flexibility index (Phi) is 5.82. The molecule has 21 heavy (non-hydrogen) atoms. The van der Waals surface area contributed by atoms with Gasteiger partial charge in [0.2, 0.25) is 0 Å². The first-order chi connectivity index (χ1) is 10.1. The normalized spacial score (nSPS) is 12.1. The van der Waals surface area contributed by atoms with E-state index in [0.29, 0.717) is 12.6 Å². The van der Waals surface area contributed by atoms with Crippen LogP contribution in [0.2, 0.25) is 0 Å². The monoisotopic (exact) mass is 283 g/mol. The molecule has 0 spiro atoms. The Bertz CT molecular complexity index is 551. The van der Waals surface area contributed by atoms with Gasteiger partial charge < -0.3 is 10.1 Å². The van der Waals surface area contributed by atoms with Crippen molar-refractivity contribution in [2.24, 2.45) is 0 Å². The summed E-state index contributed by atoms with van der Waals surface area (Å²) in [6.45, 7) is 8.00. The molecule has 0 saturated heterocycles. The minimum atomic E-state index is 0.454. The number of rotatable bonds is 7. The quantitative estimate of drug-likeness (QED) is 0.778. The maximum absolute atomic E-state index is 5.78. The molecule has 2 nitrogen and oxygen atoms in total. The lowest BCUT2D eigenvalue weighted by atomic mass is 10.1. The van der Waals surface area contributed by atoms with Crippen LogP contribution in [-0.2, 0) is 6.42 Å². The van der Waals surface area contributed by atoms with Gasteiger partial charge in [0.1, 0.15) is 12.4 Å². The average molecular weight is 283 g/mol. The van der Waals surface area contributed by atoms with E-state index in [1.807, 2.05) is 6.07 Å². The summed E-state index contributed by atoms with van der Waals surface area (Å²) in [5.41, 5.74) is 3.95. The molecule has 0 heterocycles. The molecule has 0 aromatic heterocycles. The minimum absolute atomic E-state index is 0.454. The van der Waals surface area contributed by atoms with Gasteiger partial charge in [-0.1, -0.05) is 36.4 Å². The molecular formula is C19H25NO. The second-order valence-electron chi connectivity index (χ2n) is 5.64. The third kappa shape index (κ3) is 5.24. The molecule has 1 unspecified atom stereocenters. The van der Waals surface area contributed by atoms with Crippen molar-refractivity contribution in [1.82, 2.24) is 5.32 Å². The van der Waals surface area contributed by atoms with Gasteiger partial charge in [0.05, 0.1) is 0 Å². The first-order valence-corrected chi connectivity index (χ1v) is 7.62. The average Bonchev–Trinajstić information content (AvgIpc) is 2.48. The molecule has 0 aliphatic carbocycles. The Hall–Kier alpha value is -1.80. The molecule has 0 aliphatic rings. The van der Waals surface area contributed by atoms with Crippen LogP contribution in [0.15, 0.2) is 48.5 Å². The van der Waals surface area contributed by atoms with Crippen molar-refractivity contribution in [2.45, 2.75) is 33.2 Å². The molecule has 0 bridgehead atoms. The Morgan fingerprint density at radius 2 is 1.76 bits per heavy atom. The fourth-order valence-electron chi connectivity index (χ4n) is 2.32. The lowest BCUT2D eigenvalue weighted by molar-refractivity contribution is 0.306. The van der Waals surface area contributed by atoms with E-state index >= 15 is 0 Å². The smallest absolute Gasteiger partial charge is 0.119 e. The van der Waals surface area contributed by atoms with Gasteiger partial charge in [-0.05, 0) is 56.0 Å². The zero-order valence-corrected chi connectivity index (χ0v) is 13.2. The molecule has 0 radical (unpaired) electrons. The van der Waals surface area contributed by atoms with Crippen LogP contribution in [0.4, 0.5) is 0 Å². The number of benzene rings is 2. The van der Waals surface area contributed by atoms with Crippen LogP contribution in [0.5, 0.6) is 5.75 Å². The van der Waals surface area contributed by atoms with Gasteiger partial charge in [0.25, 0.3) is 0 Å². The van der Waals surface area contributed by atoms with Gasteiger partial charge in [-0.2, -0.15) is 0 Å². The second kappa shape index (κ2) is 7.84. The Morgan fingerprint density at radius 1 is 1.00 bits per heavy atom. The largest absolute Gasteiger partial charge is 0.492 e. The van der Waals surface area contributed by atoms with Crippen LogP contribution in [0.1, 0.15) is 23.6 Å². The third-order valence-corrected chi connectivity index (χ3v) is 3.73. The maximum atomic E-state index is 5.78. The summed E-state index contributed by atoms with van der Waals surface area (Å²) in [6.07, 6.45) is 1.05. The molecule has 0 amide bonds. The number of nitrogens with one attached hydrogen (secondary N) is 1. The third-order valence-electron chi connectivity index (χ3n) is 3.73. The summed E-state index contributed by atoms with van der Waals surface area (Å²) in [4.78, 5) is 0. The standard InChI is InChI=1S/C19H25NO/c1-15-9-10-19(13-16(15)2)21-12-11-20-17(3)14-18-7-5-4-6-8-18/h4-10,13,17,20H,11-12,14H2,1-3H3. The van der Waals surface area contributed by atoms with Gasteiger partial charge >= 0.3 is 0 Å². The van der Waals surface area contributed by atoms with Crippen molar-refractivity contribution < 1.29 is 4.74 Å². The molecule has 1 atom stereocenters. The van der Waals surface area contributed by atoms with E-state index in [1.165, 1.54) is 16.7 Å². The van der Waals surface area contributed by atoms with Crippen molar-refractivity contribution in [3.8, 4) is 5.75 Å². The van der Waals surface area contributed by atoms with E-state index in [2.05, 4.69) is 68.6 Å². The first kappa shape index (κ1) is 15.6. The Morgan fingerprint density at radius 3 is 2.48 bits per heavy atom. The van der Waals surface area contributed by atoms with Crippen molar-refractivity contribution >= 4 is 0 Å². The SMILES string of the molecule is Cc1ccc(OCCNC(C)Cc2ccccc2)cc1C. The van der Waals surface area contributed by atoms with Crippen LogP contribution < -0.4 is 10.1 Å². The van der Waals surface area contributed by atoms with E-state index < -0.39 is 0 Å². The minimum Gasteiger partial charge on any atom is -0.492 e. The highest BCUT2D eigenvalue weighted by Crippen LogP contribution is 2.16. The zero-order valence-electron chi connectivity index (χ0n) is 13.2. The van der Waals surface area contributed by atoms with E-state index in [1.54, 1.807) is 0 Å². The van der Waals surface area contributed by atoms with E-state index in [9.17, 15) is 0 Å². The van der Waals surface area contributed by atoms with Gasteiger partial charge in [-0.3, -0.25) is 0 Å². The first-order valence-electron chi connectivity index (χ1n) is 7.62. The highest BCUT2D eigenvalue weighted by atomic mass is 16.5. The molecule has 112 valence electrons. The molecule has 2 rings (SSSR count). The molecule has 1 N–H and O–H groups in total. The fourth-order valence-corrected chi connectivity index (χ4v) is 2.32. The molecule has 0 saturated carbocycles. The molecule has 0 fully saturated rings. The van der Waals surface area contributed by atoms with Gasteiger partial charge in [0.15, 0.2) is 0 Å². The lowest BCUT2D eigenvalue weighted by Crippen LogP contribution is -2.31. The van der Waals surface area contributed by atoms with Crippen LogP contribution in [0.25, 0.3) is 0 Å². The van der Waals surface area contributed by atoms with E-state index in [4.69, 9.17) is 4.74 Å². The summed E-state index contributed by atoms with van der Waals surface area (Å²) in [5, 5.41) is 3.50. The second-order valence-corrected chi connectivity index (χ2v) is 5.64. The predicted molar refractivity (Wildman–Crippen MR) is 89.0 cm³/mol. The highest BCUT2D eigenvalue weighted by molar-refractivity contribution is 5.33.